The lowest BCUT2D eigenvalue weighted by atomic mass is 10.0. The maximum atomic E-state index is 14.0. The molecule has 0 aliphatic heterocycles. The summed E-state index contributed by atoms with van der Waals surface area (Å²) in [5, 5.41) is 4.65. The van der Waals surface area contributed by atoms with E-state index < -0.39 is 28.5 Å². The van der Waals surface area contributed by atoms with E-state index >= 15 is 0 Å². The first-order valence-electron chi connectivity index (χ1n) is 13.5. The molecule has 7 nitrogen and oxygen atoms in total. The Morgan fingerprint density at radius 2 is 1.54 bits per heavy atom. The van der Waals surface area contributed by atoms with E-state index in [1.54, 1.807) is 18.2 Å². The van der Waals surface area contributed by atoms with Crippen molar-refractivity contribution >= 4 is 48.5 Å². The minimum atomic E-state index is -3.98. The second-order valence-electron chi connectivity index (χ2n) is 9.92. The zero-order valence-electron chi connectivity index (χ0n) is 23.2. The number of nitrogens with one attached hydrogen (secondary N) is 1. The molecule has 0 aliphatic carbocycles. The van der Waals surface area contributed by atoms with E-state index in [0.29, 0.717) is 6.54 Å². The van der Waals surface area contributed by atoms with E-state index in [1.165, 1.54) is 11.9 Å². The number of hydrogen-bond acceptors (Lipinski definition) is 4. The van der Waals surface area contributed by atoms with Gasteiger partial charge in [-0.2, -0.15) is 4.31 Å². The van der Waals surface area contributed by atoms with Crippen LogP contribution in [-0.2, 0) is 32.6 Å². The summed E-state index contributed by atoms with van der Waals surface area (Å²) >= 11 is 3.48. The zero-order chi connectivity index (χ0) is 29.4. The van der Waals surface area contributed by atoms with Crippen LogP contribution in [0.5, 0.6) is 0 Å². The Hall–Kier alpha value is -3.53. The van der Waals surface area contributed by atoms with E-state index in [0.717, 1.165) is 37.1 Å². The van der Waals surface area contributed by atoms with Crippen molar-refractivity contribution in [3.05, 3.63) is 113 Å². The van der Waals surface area contributed by atoms with Crippen LogP contribution in [0.1, 0.15) is 24.5 Å². The molecule has 0 fully saturated rings. The molecular formula is C32H34BrN3O4S. The summed E-state index contributed by atoms with van der Waals surface area (Å²) in [5.41, 5.74) is 1.71. The molecule has 1 atom stereocenters. The summed E-state index contributed by atoms with van der Waals surface area (Å²) in [7, 11) is -2.59. The maximum Gasteiger partial charge on any atom is 0.243 e. The molecule has 9 heteroatoms. The van der Waals surface area contributed by atoms with Gasteiger partial charge in [-0.15, -0.1) is 0 Å². The highest BCUT2D eigenvalue weighted by Crippen LogP contribution is 2.23. The fraction of sp³-hybridized carbons (Fsp3) is 0.250. The molecule has 0 spiro atoms. The fourth-order valence-electron chi connectivity index (χ4n) is 4.63. The van der Waals surface area contributed by atoms with Gasteiger partial charge in [0.15, 0.2) is 0 Å². The average Bonchev–Trinajstić information content (AvgIpc) is 2.97. The van der Waals surface area contributed by atoms with E-state index in [4.69, 9.17) is 0 Å². The number of carbonyl (C=O) groups is 2. The van der Waals surface area contributed by atoms with Crippen molar-refractivity contribution in [1.82, 2.24) is 14.5 Å². The van der Waals surface area contributed by atoms with Crippen LogP contribution in [0.2, 0.25) is 0 Å². The number of carbonyl (C=O) groups excluding carboxylic acids is 2. The maximum absolute atomic E-state index is 14.0. The van der Waals surface area contributed by atoms with Crippen LogP contribution in [0, 0.1) is 0 Å². The van der Waals surface area contributed by atoms with Crippen LogP contribution >= 0.6 is 15.9 Å². The SMILES string of the molecule is CCCNC(=O)C(Cc1ccccc1)N(Cc1cccc(Br)c1)C(=O)CN(C)S(=O)(=O)c1ccc2ccccc2c1. The summed E-state index contributed by atoms with van der Waals surface area (Å²) in [4.78, 5) is 29.1. The molecular weight excluding hydrogens is 602 g/mol. The van der Waals surface area contributed by atoms with Crippen molar-refractivity contribution in [2.75, 3.05) is 20.1 Å². The first kappa shape index (κ1) is 30.4. The average molecular weight is 637 g/mol. The predicted molar refractivity (Wildman–Crippen MR) is 166 cm³/mol. The Kier molecular flexibility index (Phi) is 10.3. The molecule has 0 heterocycles. The number of likely N-dealkylation sites (N-methyl/N-ethyl adjacent to an activating group) is 1. The molecule has 1 unspecified atom stereocenters. The summed E-state index contributed by atoms with van der Waals surface area (Å²) in [6, 6.07) is 28.6. The van der Waals surface area contributed by atoms with Gasteiger partial charge in [0.05, 0.1) is 11.4 Å². The normalized spacial score (nSPS) is 12.3. The van der Waals surface area contributed by atoms with Crippen molar-refractivity contribution in [1.29, 1.82) is 0 Å². The van der Waals surface area contributed by atoms with Crippen LogP contribution in [-0.4, -0.2) is 55.6 Å². The Morgan fingerprint density at radius 3 is 2.24 bits per heavy atom. The van der Waals surface area contributed by atoms with Crippen LogP contribution in [0.4, 0.5) is 0 Å². The van der Waals surface area contributed by atoms with Crippen molar-refractivity contribution < 1.29 is 18.0 Å². The molecule has 0 saturated heterocycles. The van der Waals surface area contributed by atoms with Gasteiger partial charge in [0, 0.05) is 31.0 Å². The van der Waals surface area contributed by atoms with Crippen molar-refractivity contribution in [2.24, 2.45) is 0 Å². The van der Waals surface area contributed by atoms with Crippen LogP contribution in [0.25, 0.3) is 10.8 Å². The smallest absolute Gasteiger partial charge is 0.243 e. The number of halogens is 1. The third kappa shape index (κ3) is 7.81. The second kappa shape index (κ2) is 13.9. The first-order chi connectivity index (χ1) is 19.7. The van der Waals surface area contributed by atoms with Gasteiger partial charge in [0.1, 0.15) is 6.04 Å². The molecule has 1 N–H and O–H groups in total. The van der Waals surface area contributed by atoms with E-state index in [2.05, 4.69) is 21.2 Å². The molecule has 0 aromatic heterocycles. The van der Waals surface area contributed by atoms with Crippen molar-refractivity contribution in [3.8, 4) is 0 Å². The lowest BCUT2D eigenvalue weighted by Crippen LogP contribution is -2.53. The van der Waals surface area contributed by atoms with Crippen LogP contribution in [0.15, 0.2) is 106 Å². The predicted octanol–water partition coefficient (Wildman–Crippen LogP) is 5.39. The molecule has 4 rings (SSSR count). The van der Waals surface area contributed by atoms with E-state index in [-0.39, 0.29) is 23.8 Å². The third-order valence-corrected chi connectivity index (χ3v) is 9.14. The number of sulfonamides is 1. The Balaban J connectivity index is 1.66. The van der Waals surface area contributed by atoms with E-state index in [9.17, 15) is 18.0 Å². The highest BCUT2D eigenvalue weighted by molar-refractivity contribution is 9.10. The van der Waals surface area contributed by atoms with Gasteiger partial charge in [0.2, 0.25) is 21.8 Å². The Bertz CT molecular complexity index is 1610. The summed E-state index contributed by atoms with van der Waals surface area (Å²) in [6.07, 6.45) is 1.04. The van der Waals surface area contributed by atoms with Crippen LogP contribution < -0.4 is 5.32 Å². The molecule has 0 saturated carbocycles. The molecule has 0 radical (unpaired) electrons. The minimum Gasteiger partial charge on any atom is -0.354 e. The third-order valence-electron chi connectivity index (χ3n) is 6.85. The first-order valence-corrected chi connectivity index (χ1v) is 15.7. The molecule has 4 aromatic carbocycles. The Morgan fingerprint density at radius 1 is 0.854 bits per heavy atom. The molecule has 214 valence electrons. The fourth-order valence-corrected chi connectivity index (χ4v) is 6.23. The lowest BCUT2D eigenvalue weighted by molar-refractivity contribution is -0.141. The van der Waals surface area contributed by atoms with Crippen molar-refractivity contribution in [3.63, 3.8) is 0 Å². The van der Waals surface area contributed by atoms with E-state index in [1.807, 2.05) is 85.8 Å². The van der Waals surface area contributed by atoms with Gasteiger partial charge in [-0.05, 0) is 52.6 Å². The lowest BCUT2D eigenvalue weighted by Gasteiger charge is -2.32. The quantitative estimate of drug-likeness (QED) is 0.226. The van der Waals surface area contributed by atoms with Gasteiger partial charge in [-0.1, -0.05) is 95.7 Å². The molecule has 4 aromatic rings. The van der Waals surface area contributed by atoms with Crippen LogP contribution in [0.3, 0.4) is 0 Å². The standard InChI is InChI=1S/C32H34BrN3O4S/c1-3-18-34-32(38)30(20-24-10-5-4-6-11-24)36(22-25-12-9-15-28(33)19-25)31(37)23-35(2)41(39,40)29-17-16-26-13-7-8-14-27(26)21-29/h4-17,19,21,30H,3,18,20,22-23H2,1-2H3,(H,34,38). The number of nitrogens with zero attached hydrogens (tertiary/aromatic N) is 2. The highest BCUT2D eigenvalue weighted by Gasteiger charge is 2.33. The molecule has 0 bridgehead atoms. The summed E-state index contributed by atoms with van der Waals surface area (Å²) < 4.78 is 29.0. The number of amides is 2. The summed E-state index contributed by atoms with van der Waals surface area (Å²) in [6.45, 7) is 2.15. The molecule has 41 heavy (non-hydrogen) atoms. The van der Waals surface area contributed by atoms with Gasteiger partial charge in [0.25, 0.3) is 0 Å². The van der Waals surface area contributed by atoms with Gasteiger partial charge >= 0.3 is 0 Å². The van der Waals surface area contributed by atoms with Gasteiger partial charge in [-0.3, -0.25) is 9.59 Å². The van der Waals surface area contributed by atoms with Gasteiger partial charge in [-0.25, -0.2) is 8.42 Å². The number of hydrogen-bond donors (Lipinski definition) is 1. The number of rotatable bonds is 12. The van der Waals surface area contributed by atoms with Crippen molar-refractivity contribution in [2.45, 2.75) is 37.2 Å². The topological polar surface area (TPSA) is 86.8 Å². The second-order valence-corrected chi connectivity index (χ2v) is 12.9. The van der Waals surface area contributed by atoms with Gasteiger partial charge < -0.3 is 10.2 Å². The molecule has 0 aliphatic rings. The Labute approximate surface area is 250 Å². The highest BCUT2D eigenvalue weighted by atomic mass is 79.9. The minimum absolute atomic E-state index is 0.103. The monoisotopic (exact) mass is 635 g/mol. The molecule has 2 amide bonds. The summed E-state index contributed by atoms with van der Waals surface area (Å²) in [5.74, 6) is -0.747. The number of fused-ring (bicyclic) bond motifs is 1. The zero-order valence-corrected chi connectivity index (χ0v) is 25.6. The largest absolute Gasteiger partial charge is 0.354 e. The number of benzene rings is 4.